The van der Waals surface area contributed by atoms with Crippen LogP contribution < -0.4 is 10.2 Å². The molecule has 1 N–H and O–H groups in total. The Morgan fingerprint density at radius 2 is 1.93 bits per heavy atom. The maximum absolute atomic E-state index is 12.3. The summed E-state index contributed by atoms with van der Waals surface area (Å²) < 4.78 is 0. The van der Waals surface area contributed by atoms with E-state index in [9.17, 15) is 4.79 Å². The molecule has 2 fully saturated rings. The minimum Gasteiger partial charge on any atom is -0.357 e. The van der Waals surface area contributed by atoms with Crippen LogP contribution in [0.3, 0.4) is 0 Å². The molecule has 2 saturated heterocycles. The molecule has 0 spiro atoms. The number of guanidine groups is 1. The maximum Gasteiger partial charge on any atom is 0.239 e. The number of carbonyl (C=O) groups excluding carboxylic acids is 1. The summed E-state index contributed by atoms with van der Waals surface area (Å²) in [5.41, 5.74) is 0. The summed E-state index contributed by atoms with van der Waals surface area (Å²) in [5.74, 6) is 2.00. The van der Waals surface area contributed by atoms with Crippen molar-refractivity contribution in [2.75, 3.05) is 71.4 Å². The molecule has 0 radical (unpaired) electrons. The molecule has 9 nitrogen and oxygen atoms in total. The van der Waals surface area contributed by atoms with Gasteiger partial charge in [-0.2, -0.15) is 0 Å². The number of hydrogen-bond acceptors (Lipinski definition) is 6. The highest BCUT2D eigenvalue weighted by Crippen LogP contribution is 2.19. The Labute approximate surface area is 180 Å². The molecule has 3 heterocycles. The second kappa shape index (κ2) is 11.1. The van der Waals surface area contributed by atoms with E-state index in [1.54, 1.807) is 17.3 Å². The molecule has 0 aromatic carbocycles. The molecule has 0 aliphatic carbocycles. The predicted molar refractivity (Wildman–Crippen MR) is 120 cm³/mol. The van der Waals surface area contributed by atoms with Crippen LogP contribution in [0.1, 0.15) is 26.2 Å². The van der Waals surface area contributed by atoms with Gasteiger partial charge >= 0.3 is 0 Å². The molecule has 1 atom stereocenters. The van der Waals surface area contributed by atoms with Crippen molar-refractivity contribution >= 4 is 17.8 Å². The molecule has 0 bridgehead atoms. The van der Waals surface area contributed by atoms with Crippen molar-refractivity contribution in [3.05, 3.63) is 18.5 Å². The van der Waals surface area contributed by atoms with E-state index < -0.39 is 0 Å². The van der Waals surface area contributed by atoms with Gasteiger partial charge in [0.2, 0.25) is 11.9 Å². The summed E-state index contributed by atoms with van der Waals surface area (Å²) in [5, 5.41) is 3.43. The summed E-state index contributed by atoms with van der Waals surface area (Å²) in [6.45, 7) is 9.23. The Bertz CT molecular complexity index is 688. The highest BCUT2D eigenvalue weighted by molar-refractivity contribution is 5.81. The molecule has 166 valence electrons. The van der Waals surface area contributed by atoms with Crippen LogP contribution in [0.2, 0.25) is 0 Å². The van der Waals surface area contributed by atoms with Crippen LogP contribution in [-0.4, -0.2) is 109 Å². The topological polar surface area (TPSA) is 80.2 Å². The number of rotatable bonds is 7. The minimum absolute atomic E-state index is 0.0468. The summed E-state index contributed by atoms with van der Waals surface area (Å²) >= 11 is 0. The summed E-state index contributed by atoms with van der Waals surface area (Å²) in [7, 11) is 3.69. The van der Waals surface area contributed by atoms with E-state index in [0.29, 0.717) is 0 Å². The predicted octanol–water partition coefficient (Wildman–Crippen LogP) is 0.507. The third-order valence-electron chi connectivity index (χ3n) is 5.70. The lowest BCUT2D eigenvalue weighted by Gasteiger charge is -2.36. The van der Waals surface area contributed by atoms with E-state index in [-0.39, 0.29) is 11.9 Å². The molecule has 1 amide bonds. The lowest BCUT2D eigenvalue weighted by molar-refractivity contribution is -0.133. The van der Waals surface area contributed by atoms with Crippen LogP contribution in [0, 0.1) is 0 Å². The number of aliphatic imine (C=N–C) groups is 1. The van der Waals surface area contributed by atoms with Crippen molar-refractivity contribution in [1.82, 2.24) is 30.0 Å². The quantitative estimate of drug-likeness (QED) is 0.394. The van der Waals surface area contributed by atoms with E-state index >= 15 is 0 Å². The van der Waals surface area contributed by atoms with Crippen molar-refractivity contribution < 1.29 is 4.79 Å². The van der Waals surface area contributed by atoms with Crippen molar-refractivity contribution in [3.63, 3.8) is 0 Å². The number of hydrogen-bond donors (Lipinski definition) is 1. The number of nitrogens with one attached hydrogen (secondary N) is 1. The summed E-state index contributed by atoms with van der Waals surface area (Å²) in [6, 6.07) is 1.89. The zero-order chi connectivity index (χ0) is 21.3. The molecule has 1 unspecified atom stereocenters. The van der Waals surface area contributed by atoms with Crippen LogP contribution in [-0.2, 0) is 4.79 Å². The van der Waals surface area contributed by atoms with Crippen LogP contribution >= 0.6 is 0 Å². The SMILES string of the molecule is CCNC(=NCCCN1CCCC1C(=O)N(C)C)N1CCN(c2ncccn2)CC1. The third-order valence-corrected chi connectivity index (χ3v) is 5.70. The van der Waals surface area contributed by atoms with Gasteiger partial charge in [0.25, 0.3) is 0 Å². The van der Waals surface area contributed by atoms with E-state index in [1.165, 1.54) is 0 Å². The third kappa shape index (κ3) is 5.81. The normalized spacial score (nSPS) is 20.5. The van der Waals surface area contributed by atoms with Gasteiger partial charge in [-0.1, -0.05) is 0 Å². The molecule has 1 aromatic heterocycles. The first-order valence-electron chi connectivity index (χ1n) is 11.1. The van der Waals surface area contributed by atoms with Gasteiger partial charge in [0.1, 0.15) is 0 Å². The number of nitrogens with zero attached hydrogens (tertiary/aromatic N) is 7. The molecule has 3 rings (SSSR count). The number of likely N-dealkylation sites (N-methyl/N-ethyl adjacent to an activating group) is 1. The largest absolute Gasteiger partial charge is 0.357 e. The highest BCUT2D eigenvalue weighted by atomic mass is 16.2. The van der Waals surface area contributed by atoms with Gasteiger partial charge < -0.3 is 20.0 Å². The van der Waals surface area contributed by atoms with E-state index in [4.69, 9.17) is 4.99 Å². The Balaban J connectivity index is 1.47. The minimum atomic E-state index is 0.0468. The van der Waals surface area contributed by atoms with Crippen molar-refractivity contribution in [1.29, 1.82) is 0 Å². The molecular weight excluding hydrogens is 380 g/mol. The van der Waals surface area contributed by atoms with Crippen molar-refractivity contribution in [2.24, 2.45) is 4.99 Å². The number of aromatic nitrogens is 2. The standard InChI is InChI=1S/C21H36N8O/c1-4-22-20(28-14-16-29(17-15-28)21-23-9-6-10-24-21)25-11-7-13-27-12-5-8-18(27)19(30)26(2)3/h6,9-10,18H,4-5,7-8,11-17H2,1-3H3,(H,22,25). The first-order chi connectivity index (χ1) is 14.6. The van der Waals surface area contributed by atoms with Gasteiger partial charge in [-0.25, -0.2) is 9.97 Å². The molecule has 9 heteroatoms. The number of piperazine rings is 1. The fraction of sp³-hybridized carbons (Fsp3) is 0.714. The molecule has 0 saturated carbocycles. The zero-order valence-electron chi connectivity index (χ0n) is 18.6. The highest BCUT2D eigenvalue weighted by Gasteiger charge is 2.31. The van der Waals surface area contributed by atoms with Gasteiger partial charge in [0.15, 0.2) is 5.96 Å². The Kier molecular flexibility index (Phi) is 8.24. The lowest BCUT2D eigenvalue weighted by Crippen LogP contribution is -2.53. The second-order valence-corrected chi connectivity index (χ2v) is 8.04. The average Bonchev–Trinajstić information content (AvgIpc) is 3.24. The van der Waals surface area contributed by atoms with Crippen LogP contribution in [0.4, 0.5) is 5.95 Å². The van der Waals surface area contributed by atoms with Crippen LogP contribution in [0.5, 0.6) is 0 Å². The molecule has 30 heavy (non-hydrogen) atoms. The maximum atomic E-state index is 12.3. The number of carbonyl (C=O) groups is 1. The molecular formula is C21H36N8O. The monoisotopic (exact) mass is 416 g/mol. The van der Waals surface area contributed by atoms with Crippen molar-refractivity contribution in [3.8, 4) is 0 Å². The number of anilines is 1. The molecule has 1 aromatic rings. The fourth-order valence-electron chi connectivity index (χ4n) is 4.13. The first kappa shape index (κ1) is 22.3. The van der Waals surface area contributed by atoms with Crippen LogP contribution in [0.15, 0.2) is 23.5 Å². The van der Waals surface area contributed by atoms with Gasteiger partial charge in [0, 0.05) is 72.3 Å². The van der Waals surface area contributed by atoms with E-state index in [1.807, 2.05) is 20.2 Å². The van der Waals surface area contributed by atoms with Gasteiger partial charge in [-0.05, 0) is 38.8 Å². The Morgan fingerprint density at radius 1 is 1.20 bits per heavy atom. The Morgan fingerprint density at radius 3 is 2.60 bits per heavy atom. The molecule has 2 aliphatic heterocycles. The van der Waals surface area contributed by atoms with Gasteiger partial charge in [0.05, 0.1) is 6.04 Å². The first-order valence-corrected chi connectivity index (χ1v) is 11.1. The fourth-order valence-corrected chi connectivity index (χ4v) is 4.13. The molecule has 2 aliphatic rings. The zero-order valence-corrected chi connectivity index (χ0v) is 18.6. The summed E-state index contributed by atoms with van der Waals surface area (Å²) in [4.78, 5) is 34.5. The Hall–Kier alpha value is -2.42. The smallest absolute Gasteiger partial charge is 0.239 e. The second-order valence-electron chi connectivity index (χ2n) is 8.04. The van der Waals surface area contributed by atoms with Gasteiger partial charge in [-0.15, -0.1) is 0 Å². The van der Waals surface area contributed by atoms with Crippen LogP contribution in [0.25, 0.3) is 0 Å². The summed E-state index contributed by atoms with van der Waals surface area (Å²) in [6.07, 6.45) is 6.61. The lowest BCUT2D eigenvalue weighted by atomic mass is 10.2. The van der Waals surface area contributed by atoms with Crippen molar-refractivity contribution in [2.45, 2.75) is 32.2 Å². The average molecular weight is 417 g/mol. The van der Waals surface area contributed by atoms with E-state index in [0.717, 1.165) is 83.5 Å². The number of amides is 1. The number of likely N-dealkylation sites (tertiary alicyclic amines) is 1. The van der Waals surface area contributed by atoms with Gasteiger partial charge in [-0.3, -0.25) is 14.7 Å². The van der Waals surface area contributed by atoms with E-state index in [2.05, 4.69) is 36.9 Å².